The molecule has 0 atom stereocenters. The number of anilines is 2. The lowest BCUT2D eigenvalue weighted by atomic mass is 9.95. The van der Waals surface area contributed by atoms with Gasteiger partial charge in [-0.1, -0.05) is 30.5 Å². The second kappa shape index (κ2) is 7.65. The first-order valence-electron chi connectivity index (χ1n) is 8.40. The van der Waals surface area contributed by atoms with Crippen molar-refractivity contribution in [1.82, 2.24) is 10.3 Å². The van der Waals surface area contributed by atoms with E-state index in [2.05, 4.69) is 20.9 Å². The Kier molecular flexibility index (Phi) is 5.33. The highest BCUT2D eigenvalue weighted by Gasteiger charge is 2.41. The molecule has 1 aliphatic carbocycles. The van der Waals surface area contributed by atoms with E-state index in [0.29, 0.717) is 5.13 Å². The van der Waals surface area contributed by atoms with E-state index < -0.39 is 5.54 Å². The molecule has 3 N–H and O–H groups in total. The highest BCUT2D eigenvalue weighted by atomic mass is 32.1. The molecule has 0 bridgehead atoms. The molecule has 1 aliphatic rings. The smallest absolute Gasteiger partial charge is 0.246 e. The highest BCUT2D eigenvalue weighted by Crippen LogP contribution is 2.33. The molecule has 0 unspecified atom stereocenters. The average Bonchev–Trinajstić information content (AvgIpc) is 3.27. The van der Waals surface area contributed by atoms with E-state index in [1.807, 2.05) is 31.2 Å². The van der Waals surface area contributed by atoms with Gasteiger partial charge in [-0.15, -0.1) is 11.3 Å². The zero-order valence-electron chi connectivity index (χ0n) is 14.2. The molecule has 1 saturated carbocycles. The average molecular weight is 358 g/mol. The Labute approximate surface area is 151 Å². The van der Waals surface area contributed by atoms with Crippen molar-refractivity contribution in [2.24, 2.45) is 0 Å². The number of carbonyl (C=O) groups is 2. The quantitative estimate of drug-likeness (QED) is 0.741. The number of nitrogens with zero attached hydrogens (tertiary/aromatic N) is 1. The Balaban J connectivity index is 1.60. The number of aryl methyl sites for hydroxylation is 1. The number of hydrogen-bond donors (Lipinski definition) is 3. The van der Waals surface area contributed by atoms with E-state index in [0.717, 1.165) is 31.4 Å². The predicted molar refractivity (Wildman–Crippen MR) is 99.8 cm³/mol. The minimum atomic E-state index is -0.642. The first-order chi connectivity index (χ1) is 12.1. The summed E-state index contributed by atoms with van der Waals surface area (Å²) in [6, 6.07) is 8.00. The number of carbonyl (C=O) groups excluding carboxylic acids is 2. The van der Waals surface area contributed by atoms with Crippen LogP contribution in [0.3, 0.4) is 0 Å². The molecule has 3 rings (SSSR count). The third-order valence-electron chi connectivity index (χ3n) is 4.42. The Bertz CT molecular complexity index is 722. The van der Waals surface area contributed by atoms with Crippen molar-refractivity contribution in [1.29, 1.82) is 0 Å². The Morgan fingerprint density at radius 2 is 1.92 bits per heavy atom. The van der Waals surface area contributed by atoms with E-state index in [4.69, 9.17) is 0 Å². The number of amides is 2. The summed E-state index contributed by atoms with van der Waals surface area (Å²) in [5.74, 6) is -0.397. The zero-order chi connectivity index (χ0) is 17.7. The zero-order valence-corrected chi connectivity index (χ0v) is 15.0. The number of rotatable bonds is 6. The Morgan fingerprint density at radius 1 is 1.20 bits per heavy atom. The largest absolute Gasteiger partial charge is 0.371 e. The van der Waals surface area contributed by atoms with Gasteiger partial charge >= 0.3 is 0 Å². The minimum absolute atomic E-state index is 0.0598. The normalized spacial score (nSPS) is 15.6. The summed E-state index contributed by atoms with van der Waals surface area (Å²) >= 11 is 1.34. The maximum Gasteiger partial charge on any atom is 0.246 e. The van der Waals surface area contributed by atoms with Crippen LogP contribution in [-0.2, 0) is 9.59 Å². The fraction of sp³-hybridized carbons (Fsp3) is 0.389. The lowest BCUT2D eigenvalue weighted by molar-refractivity contribution is -0.127. The van der Waals surface area contributed by atoms with Crippen molar-refractivity contribution >= 4 is 34.0 Å². The van der Waals surface area contributed by atoms with Crippen molar-refractivity contribution in [2.75, 3.05) is 17.2 Å². The molecule has 1 aromatic heterocycles. The van der Waals surface area contributed by atoms with Gasteiger partial charge in [-0.05, 0) is 31.9 Å². The van der Waals surface area contributed by atoms with E-state index in [1.165, 1.54) is 16.9 Å². The number of nitrogens with one attached hydrogen (secondary N) is 3. The third kappa shape index (κ3) is 4.36. The predicted octanol–water partition coefficient (Wildman–Crippen LogP) is 2.93. The molecule has 132 valence electrons. The fourth-order valence-corrected chi connectivity index (χ4v) is 3.62. The molecule has 2 amide bonds. The molecule has 6 nitrogen and oxygen atoms in total. The third-order valence-corrected chi connectivity index (χ3v) is 5.10. The van der Waals surface area contributed by atoms with Gasteiger partial charge < -0.3 is 16.0 Å². The first-order valence-corrected chi connectivity index (χ1v) is 9.28. The van der Waals surface area contributed by atoms with Crippen molar-refractivity contribution < 1.29 is 9.59 Å². The van der Waals surface area contributed by atoms with E-state index in [-0.39, 0.29) is 18.4 Å². The molecule has 1 heterocycles. The molecule has 7 heteroatoms. The lowest BCUT2D eigenvalue weighted by Crippen LogP contribution is -2.52. The maximum atomic E-state index is 12.8. The van der Waals surface area contributed by atoms with Crippen LogP contribution in [0.25, 0.3) is 0 Å². The SMILES string of the molecule is Cc1ccc(NC2(C(=O)NCC(=O)Nc3nccs3)CCCC2)cc1. The van der Waals surface area contributed by atoms with Crippen molar-refractivity contribution in [2.45, 2.75) is 38.1 Å². The number of benzene rings is 1. The molecule has 0 radical (unpaired) electrons. The summed E-state index contributed by atoms with van der Waals surface area (Å²) in [5, 5.41) is 11.2. The van der Waals surface area contributed by atoms with Gasteiger partial charge in [0.05, 0.1) is 6.54 Å². The van der Waals surface area contributed by atoms with Crippen LogP contribution in [0.5, 0.6) is 0 Å². The molecular formula is C18H22N4O2S. The Hall–Kier alpha value is -2.41. The summed E-state index contributed by atoms with van der Waals surface area (Å²) in [4.78, 5) is 28.7. The van der Waals surface area contributed by atoms with Crippen LogP contribution in [0, 0.1) is 6.92 Å². The monoisotopic (exact) mass is 358 g/mol. The summed E-state index contributed by atoms with van der Waals surface area (Å²) in [6.45, 7) is 1.97. The van der Waals surface area contributed by atoms with Gasteiger partial charge in [0, 0.05) is 17.3 Å². The number of hydrogen-bond acceptors (Lipinski definition) is 5. The van der Waals surface area contributed by atoms with Gasteiger partial charge in [0.15, 0.2) is 5.13 Å². The van der Waals surface area contributed by atoms with E-state index in [9.17, 15) is 9.59 Å². The van der Waals surface area contributed by atoms with Gasteiger partial charge in [-0.2, -0.15) is 0 Å². The first kappa shape index (κ1) is 17.4. The van der Waals surface area contributed by atoms with Crippen LogP contribution < -0.4 is 16.0 Å². The van der Waals surface area contributed by atoms with E-state index in [1.54, 1.807) is 11.6 Å². The second-order valence-electron chi connectivity index (χ2n) is 6.35. The van der Waals surface area contributed by atoms with Gasteiger partial charge in [0.25, 0.3) is 0 Å². The molecular weight excluding hydrogens is 336 g/mol. The molecule has 1 aromatic carbocycles. The number of thiazole rings is 1. The number of aromatic nitrogens is 1. The van der Waals surface area contributed by atoms with Crippen LogP contribution in [0.1, 0.15) is 31.2 Å². The Morgan fingerprint density at radius 3 is 2.56 bits per heavy atom. The van der Waals surface area contributed by atoms with Gasteiger partial charge in [0.1, 0.15) is 5.54 Å². The lowest BCUT2D eigenvalue weighted by Gasteiger charge is -2.30. The van der Waals surface area contributed by atoms with Crippen molar-refractivity contribution in [3.8, 4) is 0 Å². The highest BCUT2D eigenvalue weighted by molar-refractivity contribution is 7.13. The summed E-state index contributed by atoms with van der Waals surface area (Å²) in [7, 11) is 0. The van der Waals surface area contributed by atoms with Crippen LogP contribution in [0.4, 0.5) is 10.8 Å². The summed E-state index contributed by atoms with van der Waals surface area (Å²) in [6.07, 6.45) is 5.15. The van der Waals surface area contributed by atoms with E-state index >= 15 is 0 Å². The topological polar surface area (TPSA) is 83.1 Å². The maximum absolute atomic E-state index is 12.8. The van der Waals surface area contributed by atoms with Crippen LogP contribution in [0.15, 0.2) is 35.8 Å². The molecule has 0 spiro atoms. The van der Waals surface area contributed by atoms with Crippen molar-refractivity contribution in [3.63, 3.8) is 0 Å². The van der Waals surface area contributed by atoms with Gasteiger partial charge in [-0.3, -0.25) is 9.59 Å². The molecule has 1 fully saturated rings. The molecule has 0 aliphatic heterocycles. The molecule has 0 saturated heterocycles. The second-order valence-corrected chi connectivity index (χ2v) is 7.24. The fourth-order valence-electron chi connectivity index (χ4n) is 3.08. The molecule has 25 heavy (non-hydrogen) atoms. The van der Waals surface area contributed by atoms with Gasteiger partial charge in [-0.25, -0.2) is 4.98 Å². The van der Waals surface area contributed by atoms with Crippen LogP contribution >= 0.6 is 11.3 Å². The van der Waals surface area contributed by atoms with Crippen LogP contribution in [-0.4, -0.2) is 28.9 Å². The minimum Gasteiger partial charge on any atom is -0.371 e. The van der Waals surface area contributed by atoms with Gasteiger partial charge in [0.2, 0.25) is 11.8 Å². The molecule has 2 aromatic rings. The summed E-state index contributed by atoms with van der Waals surface area (Å²) < 4.78 is 0. The standard InChI is InChI=1S/C18H22N4O2S/c1-13-4-6-14(7-5-13)22-18(8-2-3-9-18)16(24)20-12-15(23)21-17-19-10-11-25-17/h4-7,10-11,22H,2-3,8-9,12H2,1H3,(H,20,24)(H,19,21,23). The van der Waals surface area contributed by atoms with Crippen LogP contribution in [0.2, 0.25) is 0 Å². The summed E-state index contributed by atoms with van der Waals surface area (Å²) in [5.41, 5.74) is 1.46. The van der Waals surface area contributed by atoms with Crippen molar-refractivity contribution in [3.05, 3.63) is 41.4 Å².